The van der Waals surface area contributed by atoms with Crippen LogP contribution in [0, 0.1) is 6.92 Å². The highest BCUT2D eigenvalue weighted by Gasteiger charge is 2.15. The lowest BCUT2D eigenvalue weighted by atomic mass is 10.1. The van der Waals surface area contributed by atoms with Crippen LogP contribution < -0.4 is 11.1 Å². The molecule has 0 radical (unpaired) electrons. The highest BCUT2D eigenvalue weighted by molar-refractivity contribution is 5.81. The molecule has 0 bridgehead atoms. The van der Waals surface area contributed by atoms with Crippen LogP contribution in [0.1, 0.15) is 29.9 Å². The van der Waals surface area contributed by atoms with Gasteiger partial charge in [0, 0.05) is 12.1 Å². The minimum atomic E-state index is -0.908. The first-order valence-corrected chi connectivity index (χ1v) is 10.1. The number of hydrogen-bond donors (Lipinski definition) is 2. The van der Waals surface area contributed by atoms with Crippen molar-refractivity contribution < 1.29 is 9.90 Å². The quantitative estimate of drug-likeness (QED) is 0.435. The Morgan fingerprint density at radius 2 is 1.81 bits per heavy atom. The molecule has 9 nitrogen and oxygen atoms in total. The summed E-state index contributed by atoms with van der Waals surface area (Å²) in [4.78, 5) is 41.3. The monoisotopic (exact) mass is 431 g/mol. The summed E-state index contributed by atoms with van der Waals surface area (Å²) in [5.41, 5.74) is 1.34. The molecule has 2 N–H and O–H groups in total. The molecule has 0 aliphatic carbocycles. The third-order valence-corrected chi connectivity index (χ3v) is 5.06. The van der Waals surface area contributed by atoms with Gasteiger partial charge in [0.1, 0.15) is 5.82 Å². The van der Waals surface area contributed by atoms with Crippen molar-refractivity contribution in [1.29, 1.82) is 0 Å². The normalized spacial score (nSPS) is 11.4. The lowest BCUT2D eigenvalue weighted by molar-refractivity contribution is -0.137. The van der Waals surface area contributed by atoms with Gasteiger partial charge in [-0.05, 0) is 44.0 Å². The Labute approximate surface area is 182 Å². The second-order valence-corrected chi connectivity index (χ2v) is 7.27. The zero-order valence-corrected chi connectivity index (χ0v) is 17.4. The van der Waals surface area contributed by atoms with Crippen LogP contribution in [0.3, 0.4) is 0 Å². The Hall–Kier alpha value is -4.27. The van der Waals surface area contributed by atoms with Crippen LogP contribution in [-0.4, -0.2) is 36.7 Å². The molecule has 0 spiro atoms. The summed E-state index contributed by atoms with van der Waals surface area (Å²) in [6.45, 7) is 1.67. The molecule has 0 saturated carbocycles. The lowest BCUT2D eigenvalue weighted by Gasteiger charge is -2.05. The predicted molar refractivity (Wildman–Crippen MR) is 121 cm³/mol. The summed E-state index contributed by atoms with van der Waals surface area (Å²) in [6, 6.07) is 16.0. The van der Waals surface area contributed by atoms with Crippen molar-refractivity contribution in [2.45, 2.75) is 26.2 Å². The highest BCUT2D eigenvalue weighted by atomic mass is 16.4. The predicted octanol–water partition coefficient (Wildman–Crippen LogP) is 2.47. The van der Waals surface area contributed by atoms with E-state index in [1.165, 1.54) is 10.9 Å². The fourth-order valence-corrected chi connectivity index (χ4v) is 3.48. The lowest BCUT2D eigenvalue weighted by Crippen LogP contribution is -2.22. The molecular weight excluding hydrogens is 410 g/mol. The zero-order valence-electron chi connectivity index (χ0n) is 17.4. The number of carboxylic acids is 1. The molecule has 4 rings (SSSR count). The van der Waals surface area contributed by atoms with E-state index in [4.69, 9.17) is 5.11 Å². The second-order valence-electron chi connectivity index (χ2n) is 7.27. The van der Waals surface area contributed by atoms with Gasteiger partial charge in [-0.3, -0.25) is 19.5 Å². The number of aromatic amines is 1. The first-order valence-electron chi connectivity index (χ1n) is 10.1. The van der Waals surface area contributed by atoms with E-state index in [9.17, 15) is 14.4 Å². The van der Waals surface area contributed by atoms with Gasteiger partial charge in [0.15, 0.2) is 0 Å². The molecular formula is C23H21N5O4. The van der Waals surface area contributed by atoms with Gasteiger partial charge in [0.2, 0.25) is 0 Å². The number of nitrogens with zero attached hydrogens (tertiary/aromatic N) is 4. The molecule has 0 fully saturated rings. The van der Waals surface area contributed by atoms with Crippen molar-refractivity contribution in [3.8, 4) is 5.69 Å². The Kier molecular flexibility index (Phi) is 5.80. The Morgan fingerprint density at radius 1 is 1.09 bits per heavy atom. The van der Waals surface area contributed by atoms with Crippen LogP contribution in [0.15, 0.2) is 69.3 Å². The van der Waals surface area contributed by atoms with Crippen LogP contribution in [0.25, 0.3) is 16.6 Å². The number of carbonyl (C=O) groups is 1. The van der Waals surface area contributed by atoms with Crippen molar-refractivity contribution in [2.75, 3.05) is 0 Å². The van der Waals surface area contributed by atoms with Crippen molar-refractivity contribution in [3.05, 3.63) is 92.4 Å². The summed E-state index contributed by atoms with van der Waals surface area (Å²) in [6.07, 6.45) is 2.00. The van der Waals surface area contributed by atoms with Gasteiger partial charge < -0.3 is 5.11 Å². The Balaban J connectivity index is 1.79. The SMILES string of the molecule is Cc1nc2ccccc2c(=O)n1/N=C/c1c(CCCC(=O)O)[nH]n(-c2ccccc2)c1=O. The smallest absolute Gasteiger partial charge is 0.303 e. The average molecular weight is 431 g/mol. The van der Waals surface area contributed by atoms with Crippen LogP contribution >= 0.6 is 0 Å². The summed E-state index contributed by atoms with van der Waals surface area (Å²) in [7, 11) is 0. The van der Waals surface area contributed by atoms with Crippen molar-refractivity contribution in [1.82, 2.24) is 19.4 Å². The van der Waals surface area contributed by atoms with Gasteiger partial charge in [-0.2, -0.15) is 9.78 Å². The number of nitrogens with one attached hydrogen (secondary N) is 1. The number of carboxylic acid groups (broad SMARTS) is 1. The Morgan fingerprint density at radius 3 is 2.56 bits per heavy atom. The van der Waals surface area contributed by atoms with E-state index in [-0.39, 0.29) is 23.1 Å². The number of H-pyrrole nitrogens is 1. The highest BCUT2D eigenvalue weighted by Crippen LogP contribution is 2.11. The molecule has 162 valence electrons. The summed E-state index contributed by atoms with van der Waals surface area (Å²) in [5, 5.41) is 16.7. The van der Waals surface area contributed by atoms with E-state index in [1.807, 2.05) is 18.2 Å². The van der Waals surface area contributed by atoms with Gasteiger partial charge in [0.25, 0.3) is 11.1 Å². The first kappa shape index (κ1) is 21.0. The number of aryl methyl sites for hydroxylation is 2. The van der Waals surface area contributed by atoms with Gasteiger partial charge in [-0.25, -0.2) is 9.67 Å². The zero-order chi connectivity index (χ0) is 22.7. The maximum atomic E-state index is 13.1. The summed E-state index contributed by atoms with van der Waals surface area (Å²) in [5.74, 6) is -0.522. The number of benzene rings is 2. The van der Waals surface area contributed by atoms with E-state index in [0.29, 0.717) is 41.0 Å². The molecule has 4 aromatic rings. The molecule has 0 aliphatic rings. The van der Waals surface area contributed by atoms with Crippen molar-refractivity contribution >= 4 is 23.1 Å². The minimum Gasteiger partial charge on any atom is -0.481 e. The van der Waals surface area contributed by atoms with Gasteiger partial charge in [0.05, 0.1) is 28.4 Å². The number of rotatable bonds is 7. The average Bonchev–Trinajstić information content (AvgIpc) is 3.09. The van der Waals surface area contributed by atoms with Gasteiger partial charge >= 0.3 is 5.97 Å². The maximum absolute atomic E-state index is 13.1. The topological polar surface area (TPSA) is 122 Å². The second kappa shape index (κ2) is 8.84. The Bertz CT molecular complexity index is 1430. The molecule has 0 atom stereocenters. The number of hydrogen-bond acceptors (Lipinski definition) is 5. The van der Waals surface area contributed by atoms with Crippen molar-refractivity contribution in [3.63, 3.8) is 0 Å². The molecule has 2 aromatic heterocycles. The van der Waals surface area contributed by atoms with E-state index in [0.717, 1.165) is 4.68 Å². The van der Waals surface area contributed by atoms with Gasteiger partial charge in [-0.1, -0.05) is 30.3 Å². The molecule has 0 aliphatic heterocycles. The fraction of sp³-hybridized carbons (Fsp3) is 0.174. The van der Waals surface area contributed by atoms with Crippen LogP contribution in [0.4, 0.5) is 0 Å². The summed E-state index contributed by atoms with van der Waals surface area (Å²) >= 11 is 0. The van der Waals surface area contributed by atoms with Crippen LogP contribution in [0.2, 0.25) is 0 Å². The molecule has 2 heterocycles. The van der Waals surface area contributed by atoms with Crippen LogP contribution in [-0.2, 0) is 11.2 Å². The first-order chi connectivity index (χ1) is 15.5. The number of aromatic nitrogens is 4. The van der Waals surface area contributed by atoms with Crippen molar-refractivity contribution in [2.24, 2.45) is 5.10 Å². The number of aliphatic carboxylic acids is 1. The number of fused-ring (bicyclic) bond motifs is 1. The molecule has 9 heteroatoms. The minimum absolute atomic E-state index is 0.0255. The fourth-order valence-electron chi connectivity index (χ4n) is 3.48. The summed E-state index contributed by atoms with van der Waals surface area (Å²) < 4.78 is 2.54. The van der Waals surface area contributed by atoms with Crippen LogP contribution in [0.5, 0.6) is 0 Å². The van der Waals surface area contributed by atoms with E-state index >= 15 is 0 Å². The molecule has 32 heavy (non-hydrogen) atoms. The largest absolute Gasteiger partial charge is 0.481 e. The van der Waals surface area contributed by atoms with Gasteiger partial charge in [-0.15, -0.1) is 0 Å². The molecule has 2 aromatic carbocycles. The molecule has 0 amide bonds. The third kappa shape index (κ3) is 4.13. The third-order valence-electron chi connectivity index (χ3n) is 5.06. The van der Waals surface area contributed by atoms with E-state index in [2.05, 4.69) is 15.2 Å². The van der Waals surface area contributed by atoms with E-state index in [1.54, 1.807) is 43.3 Å². The number of para-hydroxylation sites is 2. The maximum Gasteiger partial charge on any atom is 0.303 e. The molecule has 0 saturated heterocycles. The standard InChI is InChI=1S/C23H21N5O4/c1-15-25-19-11-6-5-10-17(19)22(31)27(15)24-14-18-20(12-7-13-21(29)30)26-28(23(18)32)16-8-3-2-4-9-16/h2-6,8-11,14,26H,7,12-13H2,1H3,(H,29,30)/b24-14+. The molecule has 0 unspecified atom stereocenters. The van der Waals surface area contributed by atoms with E-state index < -0.39 is 5.97 Å².